The lowest BCUT2D eigenvalue weighted by Gasteiger charge is -2.04. The van der Waals surface area contributed by atoms with Gasteiger partial charge in [0.05, 0.1) is 0 Å². The predicted molar refractivity (Wildman–Crippen MR) is 87.8 cm³/mol. The SMILES string of the molecule is Cc1ccc(S(=O)c2cccc(C(=O)c3ccccn3)n2)cc1. The van der Waals surface area contributed by atoms with E-state index < -0.39 is 10.8 Å². The summed E-state index contributed by atoms with van der Waals surface area (Å²) in [6.45, 7) is 1.97. The Bertz CT molecular complexity index is 862. The maximum absolute atomic E-state index is 12.6. The van der Waals surface area contributed by atoms with E-state index in [1.807, 2.05) is 19.1 Å². The number of carbonyl (C=O) groups excluding carboxylic acids is 1. The molecule has 1 atom stereocenters. The van der Waals surface area contributed by atoms with Crippen molar-refractivity contribution in [3.63, 3.8) is 0 Å². The zero-order chi connectivity index (χ0) is 16.2. The standard InChI is InChI=1S/C18H14N2O2S/c1-13-8-10-14(11-9-13)23(22)17-7-4-6-16(20-17)18(21)15-5-2-3-12-19-15/h2-12H,1H3. The monoisotopic (exact) mass is 322 g/mol. The summed E-state index contributed by atoms with van der Waals surface area (Å²) in [7, 11) is -1.42. The van der Waals surface area contributed by atoms with Gasteiger partial charge in [0.1, 0.15) is 27.2 Å². The highest BCUT2D eigenvalue weighted by atomic mass is 32.2. The molecule has 1 aromatic carbocycles. The summed E-state index contributed by atoms with van der Waals surface area (Å²) in [5.41, 5.74) is 1.65. The van der Waals surface area contributed by atoms with Crippen molar-refractivity contribution in [3.8, 4) is 0 Å². The van der Waals surface area contributed by atoms with Crippen LogP contribution in [0.2, 0.25) is 0 Å². The average Bonchev–Trinajstić information content (AvgIpc) is 2.62. The Labute approximate surface area is 136 Å². The van der Waals surface area contributed by atoms with Crippen molar-refractivity contribution in [2.75, 3.05) is 0 Å². The van der Waals surface area contributed by atoms with Crippen molar-refractivity contribution < 1.29 is 9.00 Å². The zero-order valence-electron chi connectivity index (χ0n) is 12.5. The van der Waals surface area contributed by atoms with Crippen LogP contribution < -0.4 is 0 Å². The molecule has 0 aliphatic carbocycles. The van der Waals surface area contributed by atoms with Gasteiger partial charge in [0, 0.05) is 11.1 Å². The summed E-state index contributed by atoms with van der Waals surface area (Å²) in [4.78, 5) is 21.3. The fourth-order valence-electron chi connectivity index (χ4n) is 2.06. The van der Waals surface area contributed by atoms with E-state index in [0.29, 0.717) is 15.6 Å². The van der Waals surface area contributed by atoms with Crippen LogP contribution in [0.15, 0.2) is 76.8 Å². The van der Waals surface area contributed by atoms with Crippen LogP contribution in [0.1, 0.15) is 21.7 Å². The molecule has 4 nitrogen and oxygen atoms in total. The molecule has 0 saturated carbocycles. The van der Waals surface area contributed by atoms with Gasteiger partial charge in [-0.25, -0.2) is 9.19 Å². The Morgan fingerprint density at radius 2 is 1.65 bits per heavy atom. The number of nitrogens with zero attached hydrogens (tertiary/aromatic N) is 2. The molecule has 3 rings (SSSR count). The van der Waals surface area contributed by atoms with Crippen LogP contribution in [-0.4, -0.2) is 20.0 Å². The van der Waals surface area contributed by atoms with E-state index in [-0.39, 0.29) is 11.5 Å². The summed E-state index contributed by atoms with van der Waals surface area (Å²) in [5, 5.41) is 0.357. The summed E-state index contributed by atoms with van der Waals surface area (Å²) < 4.78 is 12.6. The molecular formula is C18H14N2O2S. The number of ketones is 1. The van der Waals surface area contributed by atoms with Gasteiger partial charge in [-0.15, -0.1) is 0 Å². The molecule has 0 bridgehead atoms. The molecule has 2 aromatic heterocycles. The van der Waals surface area contributed by atoms with Crippen molar-refractivity contribution in [1.82, 2.24) is 9.97 Å². The molecule has 0 aliphatic rings. The van der Waals surface area contributed by atoms with E-state index in [4.69, 9.17) is 0 Å². The molecule has 0 radical (unpaired) electrons. The molecule has 2 heterocycles. The molecular weight excluding hydrogens is 308 g/mol. The molecule has 0 N–H and O–H groups in total. The first-order chi connectivity index (χ1) is 11.1. The van der Waals surface area contributed by atoms with E-state index in [1.165, 1.54) is 0 Å². The number of rotatable bonds is 4. The van der Waals surface area contributed by atoms with Crippen LogP contribution in [-0.2, 0) is 10.8 Å². The Kier molecular flexibility index (Phi) is 4.39. The van der Waals surface area contributed by atoms with Crippen molar-refractivity contribution in [3.05, 3.63) is 83.8 Å². The van der Waals surface area contributed by atoms with Gasteiger partial charge in [-0.1, -0.05) is 29.8 Å². The minimum Gasteiger partial charge on any atom is -0.285 e. The fourth-order valence-corrected chi connectivity index (χ4v) is 3.06. The normalized spacial score (nSPS) is 11.9. The first kappa shape index (κ1) is 15.2. The van der Waals surface area contributed by atoms with Crippen LogP contribution in [0.5, 0.6) is 0 Å². The van der Waals surface area contributed by atoms with Crippen LogP contribution in [0.3, 0.4) is 0 Å². The third-order valence-corrected chi connectivity index (χ3v) is 4.59. The van der Waals surface area contributed by atoms with Gasteiger partial charge in [0.25, 0.3) is 0 Å². The summed E-state index contributed by atoms with van der Waals surface area (Å²) in [6, 6.07) is 17.5. The number of benzene rings is 1. The molecule has 0 saturated heterocycles. The molecule has 0 aliphatic heterocycles. The Morgan fingerprint density at radius 1 is 0.913 bits per heavy atom. The summed E-state index contributed by atoms with van der Waals surface area (Å²) >= 11 is 0. The third kappa shape index (κ3) is 3.40. The van der Waals surface area contributed by atoms with Crippen LogP contribution in [0.25, 0.3) is 0 Å². The second-order valence-corrected chi connectivity index (χ2v) is 6.41. The van der Waals surface area contributed by atoms with Crippen molar-refractivity contribution in [1.29, 1.82) is 0 Å². The smallest absolute Gasteiger partial charge is 0.229 e. The molecule has 114 valence electrons. The Morgan fingerprint density at radius 3 is 2.35 bits per heavy atom. The van der Waals surface area contributed by atoms with Gasteiger partial charge in [-0.3, -0.25) is 9.78 Å². The fraction of sp³-hybridized carbons (Fsp3) is 0.0556. The lowest BCUT2D eigenvalue weighted by Crippen LogP contribution is -2.08. The molecule has 5 heteroatoms. The second-order valence-electron chi connectivity index (χ2n) is 4.99. The van der Waals surface area contributed by atoms with Gasteiger partial charge >= 0.3 is 0 Å². The van der Waals surface area contributed by atoms with E-state index in [0.717, 1.165) is 5.56 Å². The highest BCUT2D eigenvalue weighted by Crippen LogP contribution is 2.16. The number of carbonyl (C=O) groups is 1. The maximum atomic E-state index is 12.6. The average molecular weight is 322 g/mol. The first-order valence-corrected chi connectivity index (χ1v) is 8.21. The second kappa shape index (κ2) is 6.62. The molecule has 0 spiro atoms. The van der Waals surface area contributed by atoms with E-state index in [9.17, 15) is 9.00 Å². The topological polar surface area (TPSA) is 59.9 Å². The summed E-state index contributed by atoms with van der Waals surface area (Å²) in [6.07, 6.45) is 1.56. The summed E-state index contributed by atoms with van der Waals surface area (Å²) in [5.74, 6) is -0.284. The number of hydrogen-bond acceptors (Lipinski definition) is 4. The zero-order valence-corrected chi connectivity index (χ0v) is 13.3. The molecule has 0 amide bonds. The largest absolute Gasteiger partial charge is 0.285 e. The van der Waals surface area contributed by atoms with Crippen LogP contribution in [0, 0.1) is 6.92 Å². The lowest BCUT2D eigenvalue weighted by molar-refractivity contribution is 0.102. The Balaban J connectivity index is 1.92. The quantitative estimate of drug-likeness (QED) is 0.692. The van der Waals surface area contributed by atoms with Gasteiger partial charge in [0.2, 0.25) is 5.78 Å². The molecule has 1 unspecified atom stereocenters. The maximum Gasteiger partial charge on any atom is 0.229 e. The predicted octanol–water partition coefficient (Wildman–Crippen LogP) is 3.18. The molecule has 3 aromatic rings. The van der Waals surface area contributed by atoms with Crippen molar-refractivity contribution in [2.24, 2.45) is 0 Å². The minimum atomic E-state index is -1.42. The van der Waals surface area contributed by atoms with E-state index in [1.54, 1.807) is 54.7 Å². The minimum absolute atomic E-state index is 0.238. The van der Waals surface area contributed by atoms with Crippen LogP contribution in [0.4, 0.5) is 0 Å². The lowest BCUT2D eigenvalue weighted by atomic mass is 10.2. The Hall–Kier alpha value is -2.66. The van der Waals surface area contributed by atoms with E-state index in [2.05, 4.69) is 9.97 Å². The number of aromatic nitrogens is 2. The highest BCUT2D eigenvalue weighted by molar-refractivity contribution is 7.85. The van der Waals surface area contributed by atoms with Gasteiger partial charge in [0.15, 0.2) is 0 Å². The first-order valence-electron chi connectivity index (χ1n) is 7.06. The number of hydrogen-bond donors (Lipinski definition) is 0. The van der Waals surface area contributed by atoms with Gasteiger partial charge in [-0.05, 0) is 43.3 Å². The number of aryl methyl sites for hydroxylation is 1. The van der Waals surface area contributed by atoms with Crippen molar-refractivity contribution >= 4 is 16.6 Å². The van der Waals surface area contributed by atoms with Crippen LogP contribution >= 0.6 is 0 Å². The molecule has 23 heavy (non-hydrogen) atoms. The highest BCUT2D eigenvalue weighted by Gasteiger charge is 2.15. The van der Waals surface area contributed by atoms with Gasteiger partial charge in [-0.2, -0.15) is 0 Å². The van der Waals surface area contributed by atoms with E-state index >= 15 is 0 Å². The van der Waals surface area contributed by atoms with Gasteiger partial charge < -0.3 is 0 Å². The van der Waals surface area contributed by atoms with Crippen molar-refractivity contribution in [2.45, 2.75) is 16.8 Å². The molecule has 0 fully saturated rings. The number of pyridine rings is 2. The third-order valence-electron chi connectivity index (χ3n) is 3.28.